The van der Waals surface area contributed by atoms with E-state index in [-0.39, 0.29) is 0 Å². The fourth-order valence-electron chi connectivity index (χ4n) is 2.14. The minimum Gasteiger partial charge on any atom is -0.492 e. The molecular weight excluding hydrogens is 290 g/mol. The molecule has 4 nitrogen and oxygen atoms in total. The van der Waals surface area contributed by atoms with Crippen LogP contribution >= 0.6 is 0 Å². The lowest BCUT2D eigenvalue weighted by Crippen LogP contribution is -1.95. The van der Waals surface area contributed by atoms with Crippen LogP contribution in [0.15, 0.2) is 53.5 Å². The molecule has 0 aromatic heterocycles. The lowest BCUT2D eigenvalue weighted by Gasteiger charge is -2.11. The maximum absolute atomic E-state index is 10.7. The Labute approximate surface area is 135 Å². The highest BCUT2D eigenvalue weighted by atomic mass is 16.5. The number of nitrogens with zero attached hydrogens (tertiary/aromatic N) is 1. The smallest absolute Gasteiger partial charge is 0.328 e. The maximum atomic E-state index is 10.7. The Balaban J connectivity index is 2.43. The summed E-state index contributed by atoms with van der Waals surface area (Å²) in [5.74, 6) is -0.294. The molecule has 0 radical (unpaired) electrons. The average molecular weight is 309 g/mol. The highest BCUT2D eigenvalue weighted by Crippen LogP contribution is 2.34. The number of hydrogen-bond acceptors (Lipinski definition) is 3. The fraction of sp³-hybridized carbons (Fsp3) is 0.158. The number of aliphatic imine (C=N–C) groups is 1. The second-order valence-electron chi connectivity index (χ2n) is 4.90. The topological polar surface area (TPSA) is 58.9 Å². The van der Waals surface area contributed by atoms with Gasteiger partial charge in [0.2, 0.25) is 0 Å². The molecule has 0 saturated heterocycles. The number of carboxylic acids is 1. The van der Waals surface area contributed by atoms with Crippen LogP contribution in [-0.2, 0) is 4.79 Å². The molecule has 0 heterocycles. The first-order valence-corrected chi connectivity index (χ1v) is 7.38. The largest absolute Gasteiger partial charge is 0.492 e. The second-order valence-corrected chi connectivity index (χ2v) is 4.90. The van der Waals surface area contributed by atoms with Gasteiger partial charge in [0.1, 0.15) is 11.4 Å². The molecule has 23 heavy (non-hydrogen) atoms. The molecule has 0 aliphatic carbocycles. The summed E-state index contributed by atoms with van der Waals surface area (Å²) in [7, 11) is 0. The third-order valence-electron chi connectivity index (χ3n) is 3.28. The minimum atomic E-state index is -0.979. The number of carbonyl (C=O) groups is 1. The Morgan fingerprint density at radius 1 is 1.22 bits per heavy atom. The fourth-order valence-corrected chi connectivity index (χ4v) is 2.14. The molecule has 0 amide bonds. The van der Waals surface area contributed by atoms with Crippen LogP contribution in [0.3, 0.4) is 0 Å². The van der Waals surface area contributed by atoms with E-state index in [1.54, 1.807) is 12.3 Å². The van der Waals surface area contributed by atoms with Gasteiger partial charge in [0.25, 0.3) is 0 Å². The number of ether oxygens (including phenoxy) is 1. The van der Waals surface area contributed by atoms with E-state index in [9.17, 15) is 4.79 Å². The van der Waals surface area contributed by atoms with Crippen LogP contribution in [0.1, 0.15) is 23.6 Å². The van der Waals surface area contributed by atoms with Crippen LogP contribution in [0.4, 0.5) is 5.69 Å². The van der Waals surface area contributed by atoms with Crippen LogP contribution in [0, 0.1) is 6.92 Å². The number of hydrogen-bond donors (Lipinski definition) is 1. The molecule has 0 saturated carbocycles. The molecule has 2 aromatic rings. The summed E-state index contributed by atoms with van der Waals surface area (Å²) in [5, 5.41) is 8.78. The van der Waals surface area contributed by atoms with Gasteiger partial charge < -0.3 is 9.84 Å². The highest BCUT2D eigenvalue weighted by Gasteiger charge is 2.09. The SMILES string of the molecule is CCOc1ccc(C=CC(=O)O)c(C)c1N=Cc1ccccc1. The number of benzene rings is 2. The zero-order valence-electron chi connectivity index (χ0n) is 13.2. The zero-order chi connectivity index (χ0) is 16.7. The Kier molecular flexibility index (Phi) is 5.69. The van der Waals surface area contributed by atoms with Gasteiger partial charge in [-0.05, 0) is 42.7 Å². The molecule has 0 aliphatic rings. The monoisotopic (exact) mass is 309 g/mol. The Bertz CT molecular complexity index is 734. The Morgan fingerprint density at radius 2 is 1.96 bits per heavy atom. The van der Waals surface area contributed by atoms with Crippen LogP contribution < -0.4 is 4.74 Å². The van der Waals surface area contributed by atoms with E-state index in [1.165, 1.54) is 0 Å². The van der Waals surface area contributed by atoms with Gasteiger partial charge in [0, 0.05) is 12.3 Å². The number of carboxylic acid groups (broad SMARTS) is 1. The summed E-state index contributed by atoms with van der Waals surface area (Å²) in [6.07, 6.45) is 4.46. The first-order chi connectivity index (χ1) is 11.1. The van der Waals surface area contributed by atoms with Crippen molar-refractivity contribution in [3.8, 4) is 5.75 Å². The van der Waals surface area contributed by atoms with Crippen LogP contribution in [0.5, 0.6) is 5.75 Å². The molecule has 2 aromatic carbocycles. The Hall–Kier alpha value is -2.88. The number of aliphatic carboxylic acids is 1. The molecule has 0 fully saturated rings. The third-order valence-corrected chi connectivity index (χ3v) is 3.28. The third kappa shape index (κ3) is 4.54. The summed E-state index contributed by atoms with van der Waals surface area (Å²) in [6, 6.07) is 13.4. The van der Waals surface area contributed by atoms with E-state index in [4.69, 9.17) is 9.84 Å². The highest BCUT2D eigenvalue weighted by molar-refractivity contribution is 5.87. The van der Waals surface area contributed by atoms with Crippen molar-refractivity contribution < 1.29 is 14.6 Å². The van der Waals surface area contributed by atoms with Crippen molar-refractivity contribution in [2.45, 2.75) is 13.8 Å². The summed E-state index contributed by atoms with van der Waals surface area (Å²) in [4.78, 5) is 15.3. The van der Waals surface area contributed by atoms with Crippen LogP contribution in [0.2, 0.25) is 0 Å². The van der Waals surface area contributed by atoms with E-state index < -0.39 is 5.97 Å². The normalized spacial score (nSPS) is 11.2. The van der Waals surface area contributed by atoms with Gasteiger partial charge in [-0.3, -0.25) is 4.99 Å². The standard InChI is InChI=1S/C19H19NO3/c1-3-23-17-11-9-16(10-12-18(21)22)14(2)19(17)20-13-15-7-5-4-6-8-15/h4-13H,3H2,1-2H3,(H,21,22). The molecule has 0 unspecified atom stereocenters. The second kappa shape index (κ2) is 7.94. The van der Waals surface area contributed by atoms with E-state index in [1.807, 2.05) is 56.3 Å². The Morgan fingerprint density at radius 3 is 2.61 bits per heavy atom. The van der Waals surface area contributed by atoms with Gasteiger partial charge in [-0.15, -0.1) is 0 Å². The van der Waals surface area contributed by atoms with Gasteiger partial charge in [-0.1, -0.05) is 36.4 Å². The first kappa shape index (κ1) is 16.5. The van der Waals surface area contributed by atoms with Crippen molar-refractivity contribution in [1.82, 2.24) is 0 Å². The van der Waals surface area contributed by atoms with Crippen molar-refractivity contribution in [3.05, 3.63) is 65.2 Å². The average Bonchev–Trinajstić information content (AvgIpc) is 2.54. The summed E-state index contributed by atoms with van der Waals surface area (Å²) in [6.45, 7) is 4.36. The zero-order valence-corrected chi connectivity index (χ0v) is 13.2. The number of rotatable bonds is 6. The lowest BCUT2D eigenvalue weighted by atomic mass is 10.1. The predicted octanol–water partition coefficient (Wildman–Crippen LogP) is 4.24. The van der Waals surface area contributed by atoms with Gasteiger partial charge in [-0.25, -0.2) is 4.79 Å². The maximum Gasteiger partial charge on any atom is 0.328 e. The molecule has 118 valence electrons. The molecular formula is C19H19NO3. The van der Waals surface area contributed by atoms with Crippen molar-refractivity contribution in [1.29, 1.82) is 0 Å². The van der Waals surface area contributed by atoms with Gasteiger partial charge in [0.15, 0.2) is 0 Å². The quantitative estimate of drug-likeness (QED) is 0.641. The molecule has 0 bridgehead atoms. The molecule has 0 aliphatic heterocycles. The molecule has 4 heteroatoms. The predicted molar refractivity (Wildman–Crippen MR) is 92.7 cm³/mol. The molecule has 1 N–H and O–H groups in total. The molecule has 2 rings (SSSR count). The van der Waals surface area contributed by atoms with Crippen LogP contribution in [-0.4, -0.2) is 23.9 Å². The van der Waals surface area contributed by atoms with Crippen molar-refractivity contribution in [2.24, 2.45) is 4.99 Å². The minimum absolute atomic E-state index is 0.539. The molecule has 0 spiro atoms. The van der Waals surface area contributed by atoms with E-state index in [0.717, 1.165) is 22.8 Å². The van der Waals surface area contributed by atoms with E-state index >= 15 is 0 Å². The first-order valence-electron chi connectivity index (χ1n) is 7.38. The van der Waals surface area contributed by atoms with Gasteiger partial charge in [0.05, 0.1) is 6.61 Å². The van der Waals surface area contributed by atoms with Gasteiger partial charge in [-0.2, -0.15) is 0 Å². The van der Waals surface area contributed by atoms with Gasteiger partial charge >= 0.3 is 5.97 Å². The van der Waals surface area contributed by atoms with E-state index in [0.29, 0.717) is 18.0 Å². The summed E-state index contributed by atoms with van der Waals surface area (Å²) >= 11 is 0. The van der Waals surface area contributed by atoms with Crippen LogP contribution in [0.25, 0.3) is 6.08 Å². The van der Waals surface area contributed by atoms with Crippen molar-refractivity contribution in [2.75, 3.05) is 6.61 Å². The molecule has 0 atom stereocenters. The summed E-state index contributed by atoms with van der Waals surface area (Å²) < 4.78 is 5.63. The summed E-state index contributed by atoms with van der Waals surface area (Å²) in [5.41, 5.74) is 3.38. The van der Waals surface area contributed by atoms with E-state index in [2.05, 4.69) is 4.99 Å². The van der Waals surface area contributed by atoms with Crippen molar-refractivity contribution >= 4 is 23.9 Å². The van der Waals surface area contributed by atoms with Crippen molar-refractivity contribution in [3.63, 3.8) is 0 Å². The lowest BCUT2D eigenvalue weighted by molar-refractivity contribution is -0.131.